The van der Waals surface area contributed by atoms with Crippen LogP contribution >= 0.6 is 0 Å². The van der Waals surface area contributed by atoms with E-state index in [4.69, 9.17) is 4.98 Å². The van der Waals surface area contributed by atoms with E-state index >= 15 is 8.78 Å². The van der Waals surface area contributed by atoms with Gasteiger partial charge in [0, 0.05) is 41.9 Å². The summed E-state index contributed by atoms with van der Waals surface area (Å²) in [6.45, 7) is 2.10. The Kier molecular flexibility index (Phi) is 8.28. The molecule has 1 amide bonds. The highest BCUT2D eigenvalue weighted by Gasteiger charge is 2.67. The number of halogens is 6. The number of hydrogen-bond acceptors (Lipinski definition) is 7. The zero-order valence-electron chi connectivity index (χ0n) is 27.4. The smallest absolute Gasteiger partial charge is 0.293 e. The molecular weight excluding hydrogens is 678 g/mol. The summed E-state index contributed by atoms with van der Waals surface area (Å²) in [4.78, 5) is 18.5. The molecule has 0 aliphatic heterocycles. The first-order chi connectivity index (χ1) is 24.1. The van der Waals surface area contributed by atoms with Crippen LogP contribution in [0, 0.1) is 29.4 Å². The third-order valence-electron chi connectivity index (χ3n) is 8.86. The second-order valence-electron chi connectivity index (χ2n) is 13.1. The lowest BCUT2D eigenvalue weighted by Gasteiger charge is -2.23. The van der Waals surface area contributed by atoms with Crippen LogP contribution in [-0.4, -0.2) is 53.0 Å². The van der Waals surface area contributed by atoms with Crippen LogP contribution < -0.4 is 10.6 Å². The Morgan fingerprint density at radius 1 is 1.10 bits per heavy atom. The molecule has 4 heterocycles. The van der Waals surface area contributed by atoms with Crippen LogP contribution in [-0.2, 0) is 23.7 Å². The second-order valence-corrected chi connectivity index (χ2v) is 13.1. The number of alkyl halides is 4. The van der Waals surface area contributed by atoms with Gasteiger partial charge < -0.3 is 15.7 Å². The van der Waals surface area contributed by atoms with E-state index in [-0.39, 0.29) is 35.4 Å². The zero-order chi connectivity index (χ0) is 36.4. The van der Waals surface area contributed by atoms with Crippen LogP contribution in [0.15, 0.2) is 48.7 Å². The molecule has 0 spiro atoms. The van der Waals surface area contributed by atoms with Crippen molar-refractivity contribution in [3.8, 4) is 23.0 Å². The topological polar surface area (TPSA) is 122 Å². The summed E-state index contributed by atoms with van der Waals surface area (Å²) in [5.74, 6) is -2.13. The number of fused-ring (bicyclic) bond motifs is 4. The summed E-state index contributed by atoms with van der Waals surface area (Å²) in [7, 11) is 1.66. The van der Waals surface area contributed by atoms with Gasteiger partial charge in [-0.1, -0.05) is 5.92 Å². The molecule has 10 nitrogen and oxygen atoms in total. The van der Waals surface area contributed by atoms with E-state index in [9.17, 15) is 27.5 Å². The molecule has 1 unspecified atom stereocenters. The first-order valence-corrected chi connectivity index (χ1v) is 15.9. The van der Waals surface area contributed by atoms with Crippen LogP contribution in [0.3, 0.4) is 0 Å². The summed E-state index contributed by atoms with van der Waals surface area (Å²) in [5, 5.41) is 28.1. The van der Waals surface area contributed by atoms with E-state index in [1.165, 1.54) is 13.8 Å². The number of carbonyl (C=O) groups is 1. The number of benzene rings is 1. The van der Waals surface area contributed by atoms with Crippen molar-refractivity contribution >= 4 is 17.5 Å². The highest BCUT2D eigenvalue weighted by Crippen LogP contribution is 2.68. The Hall–Kier alpha value is -5.43. The SMILES string of the molecule is CNc1nnc2c(-c3ccc(C#CC(C)(C)O)nc3C(Cc3cc(F)cc(F)c3)NC(=O)Cn3nc(C(F)F)c4c3C(F)(F)[C@@H]3C[C@H]43)cccn12. The average Bonchev–Trinajstić information content (AvgIpc) is 3.51. The molecule has 0 saturated heterocycles. The molecular formula is C35H30F6N8O2. The van der Waals surface area contributed by atoms with Gasteiger partial charge in [0.25, 0.3) is 12.3 Å². The zero-order valence-corrected chi connectivity index (χ0v) is 27.4. The number of nitrogens with one attached hydrogen (secondary N) is 2. The summed E-state index contributed by atoms with van der Waals surface area (Å²) in [6, 6.07) is 8.29. The second kappa shape index (κ2) is 12.4. The normalized spacial score (nSPS) is 17.9. The molecule has 0 bridgehead atoms. The Morgan fingerprint density at radius 3 is 2.53 bits per heavy atom. The van der Waals surface area contributed by atoms with Crippen molar-refractivity contribution in [2.45, 2.75) is 63.1 Å². The minimum Gasteiger partial charge on any atom is -0.378 e. The number of rotatable bonds is 9. The Balaban J connectivity index is 1.34. The van der Waals surface area contributed by atoms with Gasteiger partial charge in [-0.05, 0) is 80.5 Å². The maximum atomic E-state index is 15.3. The molecule has 1 fully saturated rings. The van der Waals surface area contributed by atoms with Crippen LogP contribution in [0.4, 0.5) is 32.3 Å². The van der Waals surface area contributed by atoms with Crippen molar-refractivity contribution in [1.82, 2.24) is 34.7 Å². The molecule has 1 aromatic carbocycles. The van der Waals surface area contributed by atoms with Crippen molar-refractivity contribution in [2.24, 2.45) is 5.92 Å². The molecule has 2 aliphatic rings. The Labute approximate surface area is 286 Å². The molecule has 51 heavy (non-hydrogen) atoms. The van der Waals surface area contributed by atoms with Crippen molar-refractivity contribution in [2.75, 3.05) is 12.4 Å². The molecule has 3 atom stereocenters. The number of nitrogens with zero attached hydrogens (tertiary/aromatic N) is 6. The van der Waals surface area contributed by atoms with E-state index < -0.39 is 71.3 Å². The van der Waals surface area contributed by atoms with Gasteiger partial charge in [-0.25, -0.2) is 22.5 Å². The number of hydrogen-bond donors (Lipinski definition) is 3. The van der Waals surface area contributed by atoms with E-state index in [0.717, 1.165) is 12.1 Å². The molecule has 4 aromatic heterocycles. The minimum absolute atomic E-state index is 0.0552. The summed E-state index contributed by atoms with van der Waals surface area (Å²) in [5.41, 5.74) is -1.41. The predicted octanol–water partition coefficient (Wildman–Crippen LogP) is 5.68. The minimum atomic E-state index is -3.45. The largest absolute Gasteiger partial charge is 0.378 e. The Bertz CT molecular complexity index is 2230. The first kappa shape index (κ1) is 34.0. The first-order valence-electron chi connectivity index (χ1n) is 15.9. The van der Waals surface area contributed by atoms with Gasteiger partial charge >= 0.3 is 0 Å². The highest BCUT2D eigenvalue weighted by molar-refractivity contribution is 5.81. The van der Waals surface area contributed by atoms with E-state index in [0.29, 0.717) is 33.5 Å². The fourth-order valence-corrected chi connectivity index (χ4v) is 6.69. The number of aromatic nitrogens is 6. The fraction of sp³-hybridized carbons (Fsp3) is 0.343. The van der Waals surface area contributed by atoms with E-state index in [1.807, 2.05) is 0 Å². The Morgan fingerprint density at radius 2 is 1.84 bits per heavy atom. The highest BCUT2D eigenvalue weighted by atomic mass is 19.3. The number of aliphatic hydroxyl groups is 1. The van der Waals surface area contributed by atoms with Gasteiger partial charge in [-0.15, -0.1) is 10.2 Å². The monoisotopic (exact) mass is 708 g/mol. The maximum Gasteiger partial charge on any atom is 0.293 e. The van der Waals surface area contributed by atoms with Crippen molar-refractivity contribution in [3.63, 3.8) is 0 Å². The lowest BCUT2D eigenvalue weighted by atomic mass is 9.95. The number of carbonyl (C=O) groups excluding carboxylic acids is 1. The number of amides is 1. The van der Waals surface area contributed by atoms with Crippen LogP contribution in [0.25, 0.3) is 16.8 Å². The van der Waals surface area contributed by atoms with E-state index in [1.54, 1.807) is 41.9 Å². The maximum absolute atomic E-state index is 15.3. The van der Waals surface area contributed by atoms with Gasteiger partial charge in [0.1, 0.15) is 40.9 Å². The molecule has 264 valence electrons. The number of pyridine rings is 2. The summed E-state index contributed by atoms with van der Waals surface area (Å²) >= 11 is 0. The van der Waals surface area contributed by atoms with Crippen LogP contribution in [0.1, 0.15) is 72.6 Å². The van der Waals surface area contributed by atoms with E-state index in [2.05, 4.69) is 37.8 Å². The van der Waals surface area contributed by atoms with Gasteiger partial charge in [0.15, 0.2) is 5.65 Å². The lowest BCUT2D eigenvalue weighted by Crippen LogP contribution is -2.35. The molecule has 5 aromatic rings. The molecule has 16 heteroatoms. The number of anilines is 1. The van der Waals surface area contributed by atoms with Crippen molar-refractivity contribution in [3.05, 3.63) is 94.2 Å². The average molecular weight is 709 g/mol. The molecule has 2 aliphatic carbocycles. The predicted molar refractivity (Wildman–Crippen MR) is 172 cm³/mol. The van der Waals surface area contributed by atoms with Gasteiger partial charge in [0.2, 0.25) is 11.9 Å². The fourth-order valence-electron chi connectivity index (χ4n) is 6.69. The van der Waals surface area contributed by atoms with Crippen molar-refractivity contribution in [1.29, 1.82) is 0 Å². The quantitative estimate of drug-likeness (QED) is 0.133. The summed E-state index contributed by atoms with van der Waals surface area (Å²) < 4.78 is 89.5. The van der Waals surface area contributed by atoms with Crippen molar-refractivity contribution < 1.29 is 36.2 Å². The molecule has 7 rings (SSSR count). The lowest BCUT2D eigenvalue weighted by molar-refractivity contribution is -0.123. The van der Waals surface area contributed by atoms with Gasteiger partial charge in [-0.2, -0.15) is 13.9 Å². The third-order valence-corrected chi connectivity index (χ3v) is 8.86. The van der Waals surface area contributed by atoms with Gasteiger partial charge in [0.05, 0.1) is 11.7 Å². The van der Waals surface area contributed by atoms with Gasteiger partial charge in [-0.3, -0.25) is 13.9 Å². The van der Waals surface area contributed by atoms with Crippen LogP contribution in [0.5, 0.6) is 0 Å². The standard InChI is InChI=1S/C35H30F6N8O2/c1-34(2,51)9-8-20-6-7-21(22-5-4-10-48-32(22)45-46-33(48)42-3)28(43-20)25(13-17-11-18(36)14-19(37)12-17)44-26(50)16-49-30-27(29(47-49)31(38)39)23-15-24(23)35(30,40)41/h4-7,10-12,14,23-25,31,51H,13,15-16H2,1-3H3,(H,42,46)(H,44,50)/t23-,24+,25?/m0/s1. The summed E-state index contributed by atoms with van der Waals surface area (Å²) in [6.07, 6.45) is -1.61. The third kappa shape index (κ3) is 6.37. The molecule has 3 N–H and O–H groups in total. The molecule has 1 saturated carbocycles. The van der Waals surface area contributed by atoms with Crippen LogP contribution in [0.2, 0.25) is 0 Å². The molecule has 0 radical (unpaired) electrons.